The van der Waals surface area contributed by atoms with Crippen LogP contribution in [-0.4, -0.2) is 65.0 Å². The Kier molecular flexibility index (Phi) is 10.2. The van der Waals surface area contributed by atoms with E-state index in [0.717, 1.165) is 0 Å². The van der Waals surface area contributed by atoms with Gasteiger partial charge in [0.2, 0.25) is 5.91 Å². The van der Waals surface area contributed by atoms with Gasteiger partial charge in [-0.15, -0.1) is 0 Å². The maximum atomic E-state index is 11.3. The predicted octanol–water partition coefficient (Wildman–Crippen LogP) is -1.08. The molecule has 0 aliphatic rings. The molecule has 1 unspecified atom stereocenters. The van der Waals surface area contributed by atoms with Gasteiger partial charge >= 0.3 is 5.97 Å². The van der Waals surface area contributed by atoms with Crippen LogP contribution in [0, 0.1) is 0 Å². The van der Waals surface area contributed by atoms with Gasteiger partial charge in [0.25, 0.3) is 0 Å². The summed E-state index contributed by atoms with van der Waals surface area (Å²) in [5, 5.41) is 5.51. The zero-order valence-corrected chi connectivity index (χ0v) is 11.2. The number of rotatable bonds is 10. The minimum absolute atomic E-state index is 0.274. The maximum absolute atomic E-state index is 11.3. The number of hydrogen-bond donors (Lipinski definition) is 2. The smallest absolute Gasteiger partial charge is 0.329 e. The molecule has 0 fully saturated rings. The molecule has 0 aromatic rings. The van der Waals surface area contributed by atoms with Crippen molar-refractivity contribution in [1.82, 2.24) is 10.6 Å². The fraction of sp³-hybridized carbons (Fsp3) is 0.818. The van der Waals surface area contributed by atoms with E-state index in [4.69, 9.17) is 9.47 Å². The summed E-state index contributed by atoms with van der Waals surface area (Å²) >= 11 is 0. The van der Waals surface area contributed by atoms with Crippen molar-refractivity contribution in [1.29, 1.82) is 0 Å². The third-order valence-electron chi connectivity index (χ3n) is 2.07. The molecule has 0 heterocycles. The van der Waals surface area contributed by atoms with Crippen LogP contribution >= 0.6 is 0 Å². The molecular weight excluding hydrogens is 240 g/mol. The highest BCUT2D eigenvalue weighted by atomic mass is 16.5. The fourth-order valence-electron chi connectivity index (χ4n) is 1.22. The molecule has 0 spiro atoms. The number of carbonyl (C=O) groups excluding carboxylic acids is 2. The second kappa shape index (κ2) is 10.9. The van der Waals surface area contributed by atoms with E-state index in [-0.39, 0.29) is 5.91 Å². The summed E-state index contributed by atoms with van der Waals surface area (Å²) in [6.07, 6.45) is 0. The average molecular weight is 262 g/mol. The Labute approximate surface area is 107 Å². The van der Waals surface area contributed by atoms with Crippen molar-refractivity contribution >= 4 is 11.9 Å². The van der Waals surface area contributed by atoms with Crippen LogP contribution in [0.4, 0.5) is 0 Å². The monoisotopic (exact) mass is 262 g/mol. The zero-order valence-electron chi connectivity index (χ0n) is 11.2. The Balaban J connectivity index is 3.69. The van der Waals surface area contributed by atoms with E-state index in [1.165, 1.54) is 14.0 Å². The molecule has 0 bridgehead atoms. The minimum atomic E-state index is -0.675. The molecule has 2 N–H and O–H groups in total. The highest BCUT2D eigenvalue weighted by molar-refractivity contribution is 5.83. The number of hydrogen-bond acceptors (Lipinski definition) is 6. The molecule has 0 aromatic carbocycles. The Hall–Kier alpha value is -1.18. The van der Waals surface area contributed by atoms with Crippen LogP contribution < -0.4 is 10.6 Å². The summed E-state index contributed by atoms with van der Waals surface area (Å²) in [5.41, 5.74) is 0. The number of carbonyl (C=O) groups is 2. The van der Waals surface area contributed by atoms with Crippen LogP contribution in [0.5, 0.6) is 0 Å². The molecule has 7 heteroatoms. The summed E-state index contributed by atoms with van der Waals surface area (Å²) in [7, 11) is 2.89. The highest BCUT2D eigenvalue weighted by Crippen LogP contribution is 1.87. The zero-order chi connectivity index (χ0) is 13.8. The first-order valence-corrected chi connectivity index (χ1v) is 5.74. The van der Waals surface area contributed by atoms with Gasteiger partial charge < -0.3 is 24.8 Å². The van der Waals surface area contributed by atoms with Crippen LogP contribution in [0.2, 0.25) is 0 Å². The average Bonchev–Trinajstić information content (AvgIpc) is 2.34. The van der Waals surface area contributed by atoms with E-state index >= 15 is 0 Å². The van der Waals surface area contributed by atoms with E-state index in [2.05, 4.69) is 15.4 Å². The summed E-state index contributed by atoms with van der Waals surface area (Å²) < 4.78 is 14.6. The van der Waals surface area contributed by atoms with Crippen molar-refractivity contribution in [3.63, 3.8) is 0 Å². The summed E-state index contributed by atoms with van der Waals surface area (Å²) in [5.74, 6) is -0.749. The number of methoxy groups -OCH3 is 2. The molecule has 18 heavy (non-hydrogen) atoms. The standard InChI is InChI=1S/C11H22N2O5/c1-9(14)13-10(11(15)17-3)8-12-4-5-18-7-6-16-2/h10,12H,4-8H2,1-3H3,(H,13,14). The van der Waals surface area contributed by atoms with Gasteiger partial charge in [-0.25, -0.2) is 4.79 Å². The molecule has 0 saturated heterocycles. The maximum Gasteiger partial charge on any atom is 0.329 e. The lowest BCUT2D eigenvalue weighted by atomic mass is 10.3. The Morgan fingerprint density at radius 2 is 1.89 bits per heavy atom. The molecule has 0 aliphatic heterocycles. The predicted molar refractivity (Wildman–Crippen MR) is 65.2 cm³/mol. The van der Waals surface area contributed by atoms with E-state index in [9.17, 15) is 9.59 Å². The second-order valence-corrected chi connectivity index (χ2v) is 3.59. The lowest BCUT2D eigenvalue weighted by molar-refractivity contribution is -0.144. The van der Waals surface area contributed by atoms with E-state index in [0.29, 0.717) is 32.9 Å². The summed E-state index contributed by atoms with van der Waals surface area (Å²) in [4.78, 5) is 22.2. The van der Waals surface area contributed by atoms with Gasteiger partial charge in [-0.2, -0.15) is 0 Å². The van der Waals surface area contributed by atoms with E-state index in [1.807, 2.05) is 0 Å². The topological polar surface area (TPSA) is 85.9 Å². The van der Waals surface area contributed by atoms with Crippen LogP contribution in [0.3, 0.4) is 0 Å². The molecule has 7 nitrogen and oxygen atoms in total. The van der Waals surface area contributed by atoms with Gasteiger partial charge in [-0.1, -0.05) is 0 Å². The van der Waals surface area contributed by atoms with Crippen molar-refractivity contribution in [2.45, 2.75) is 13.0 Å². The van der Waals surface area contributed by atoms with Gasteiger partial charge in [-0.05, 0) is 0 Å². The van der Waals surface area contributed by atoms with Crippen molar-refractivity contribution in [3.8, 4) is 0 Å². The normalized spacial score (nSPS) is 11.9. The van der Waals surface area contributed by atoms with Crippen LogP contribution in [-0.2, 0) is 23.8 Å². The van der Waals surface area contributed by atoms with Crippen LogP contribution in [0.25, 0.3) is 0 Å². The number of ether oxygens (including phenoxy) is 3. The van der Waals surface area contributed by atoms with Crippen LogP contribution in [0.1, 0.15) is 6.92 Å². The van der Waals surface area contributed by atoms with Gasteiger partial charge in [0, 0.05) is 27.1 Å². The van der Waals surface area contributed by atoms with Gasteiger partial charge in [0.05, 0.1) is 26.9 Å². The first-order valence-electron chi connectivity index (χ1n) is 5.74. The summed E-state index contributed by atoms with van der Waals surface area (Å²) in [6, 6.07) is -0.675. The molecule has 0 saturated carbocycles. The lowest BCUT2D eigenvalue weighted by Gasteiger charge is -2.16. The first-order chi connectivity index (χ1) is 8.61. The molecule has 1 amide bonds. The minimum Gasteiger partial charge on any atom is -0.467 e. The fourth-order valence-corrected chi connectivity index (χ4v) is 1.22. The molecule has 106 valence electrons. The highest BCUT2D eigenvalue weighted by Gasteiger charge is 2.19. The van der Waals surface area contributed by atoms with Gasteiger partial charge in [0.15, 0.2) is 0 Å². The molecule has 0 aliphatic carbocycles. The molecular formula is C11H22N2O5. The number of esters is 1. The molecule has 0 aromatic heterocycles. The van der Waals surface area contributed by atoms with Gasteiger partial charge in [0.1, 0.15) is 6.04 Å². The molecule has 0 rings (SSSR count). The largest absolute Gasteiger partial charge is 0.467 e. The van der Waals surface area contributed by atoms with Gasteiger partial charge in [-0.3, -0.25) is 4.79 Å². The van der Waals surface area contributed by atoms with Crippen molar-refractivity contribution in [2.24, 2.45) is 0 Å². The van der Waals surface area contributed by atoms with Crippen molar-refractivity contribution < 1.29 is 23.8 Å². The third-order valence-corrected chi connectivity index (χ3v) is 2.07. The van der Waals surface area contributed by atoms with Crippen molar-refractivity contribution in [3.05, 3.63) is 0 Å². The first kappa shape index (κ1) is 16.8. The number of amides is 1. The Morgan fingerprint density at radius 1 is 1.17 bits per heavy atom. The van der Waals surface area contributed by atoms with E-state index < -0.39 is 12.0 Å². The van der Waals surface area contributed by atoms with Crippen molar-refractivity contribution in [2.75, 3.05) is 47.1 Å². The second-order valence-electron chi connectivity index (χ2n) is 3.59. The molecule has 1 atom stereocenters. The molecule has 0 radical (unpaired) electrons. The quantitative estimate of drug-likeness (QED) is 0.384. The van der Waals surface area contributed by atoms with E-state index in [1.54, 1.807) is 7.11 Å². The SMILES string of the molecule is COCCOCCNCC(NC(C)=O)C(=O)OC. The Morgan fingerprint density at radius 3 is 2.44 bits per heavy atom. The van der Waals surface area contributed by atoms with Crippen LogP contribution in [0.15, 0.2) is 0 Å². The third kappa shape index (κ3) is 8.91. The number of nitrogens with one attached hydrogen (secondary N) is 2. The lowest BCUT2D eigenvalue weighted by Crippen LogP contribution is -2.47. The summed E-state index contributed by atoms with van der Waals surface area (Å²) in [6.45, 7) is 3.83. The Bertz CT molecular complexity index is 248.